The summed E-state index contributed by atoms with van der Waals surface area (Å²) in [7, 11) is 1.12. The van der Waals surface area contributed by atoms with Crippen LogP contribution in [0.15, 0.2) is 97.1 Å². The molecule has 45 heavy (non-hydrogen) atoms. The summed E-state index contributed by atoms with van der Waals surface area (Å²) >= 11 is 26.4. The molecule has 0 bridgehead atoms. The van der Waals surface area contributed by atoms with Crippen LogP contribution in [0, 0.1) is 0 Å². The average molecular weight is 749 g/mol. The molecule has 10 aliphatic rings. The first-order valence-corrected chi connectivity index (χ1v) is 26.4. The molecule has 10 heterocycles. The van der Waals surface area contributed by atoms with E-state index in [-0.39, 0.29) is 0 Å². The first-order chi connectivity index (χ1) is 21.5. The third kappa shape index (κ3) is 0.802. The van der Waals surface area contributed by atoms with Crippen molar-refractivity contribution in [2.75, 3.05) is 7.05 Å². The van der Waals surface area contributed by atoms with Crippen molar-refractivity contribution in [3.8, 4) is 0 Å². The molecule has 14 rings (SSSR count). The third-order valence-corrected chi connectivity index (χ3v) is 75.2. The van der Waals surface area contributed by atoms with Gasteiger partial charge in [0, 0.05) is 0 Å². The van der Waals surface area contributed by atoms with Gasteiger partial charge in [-0.1, -0.05) is 0 Å². The number of hydrogen-bond donors (Lipinski definition) is 0. The van der Waals surface area contributed by atoms with Gasteiger partial charge in [0.25, 0.3) is 0 Å². The predicted molar refractivity (Wildman–Crippen MR) is 191 cm³/mol. The van der Waals surface area contributed by atoms with Crippen molar-refractivity contribution in [3.05, 3.63) is 117 Å². The molecule has 10 saturated heterocycles. The molecule has 4 aromatic rings. The van der Waals surface area contributed by atoms with E-state index >= 15 is 0 Å². The van der Waals surface area contributed by atoms with Crippen molar-refractivity contribution >= 4 is 83.6 Å². The minimum absolute atomic E-state index is 0.417. The molecule has 0 radical (unpaired) electrons. The Kier molecular flexibility index (Phi) is 2.51. The summed E-state index contributed by atoms with van der Waals surface area (Å²) in [5, 5.41) is 8.22. The molecule has 6 atom stereocenters. The number of nitrogens with zero attached hydrogens (tertiary/aromatic N) is 1. The molecule has 0 amide bonds. The molecule has 10 aliphatic heterocycles. The van der Waals surface area contributed by atoms with Crippen molar-refractivity contribution in [1.82, 2.24) is 4.67 Å². The van der Waals surface area contributed by atoms with Gasteiger partial charge >= 0.3 is 279 Å². The van der Waals surface area contributed by atoms with E-state index in [1.807, 2.05) is 12.1 Å². The Hall–Kier alpha value is -0.621. The van der Waals surface area contributed by atoms with Crippen LogP contribution in [-0.4, -0.2) is 21.8 Å². The molecular weight excluding hydrogens is 718 g/mol. The van der Waals surface area contributed by atoms with Gasteiger partial charge in [-0.25, -0.2) is 0 Å². The van der Waals surface area contributed by atoms with Crippen LogP contribution in [-0.2, 0) is 6.51 Å². The van der Waals surface area contributed by atoms with Crippen LogP contribution < -0.4 is 21.2 Å². The molecule has 0 aliphatic carbocycles. The molecule has 0 saturated carbocycles. The predicted octanol–water partition coefficient (Wildman–Crippen LogP) is 10.8. The maximum absolute atomic E-state index is 6.72. The molecule has 4 aromatic carbocycles. The molecule has 1 spiro atoms. The zero-order valence-corrected chi connectivity index (χ0v) is 30.6. The summed E-state index contributed by atoms with van der Waals surface area (Å²) in [6, 6.07) is 36.8. The second-order valence-electron chi connectivity index (χ2n) is 17.5. The number of rotatable bonds is 8. The summed E-state index contributed by atoms with van der Waals surface area (Å²) in [4.78, 5) is 9.46. The topological polar surface area (TPSA) is 3.24 Å². The van der Waals surface area contributed by atoms with Crippen molar-refractivity contribution < 1.29 is 6.51 Å². The van der Waals surface area contributed by atoms with E-state index in [9.17, 15) is 0 Å². The van der Waals surface area contributed by atoms with Gasteiger partial charge in [0.05, 0.1) is 0 Å². The van der Waals surface area contributed by atoms with Gasteiger partial charge < -0.3 is 0 Å². The number of fused-ring (bicyclic) bond motifs is 10. The van der Waals surface area contributed by atoms with Crippen LogP contribution in [0.2, 0.25) is 62.9 Å². The fraction of sp³-hybridized carbons (Fsp3) is 0.351. The van der Waals surface area contributed by atoms with E-state index in [0.717, 1.165) is 9.63 Å². The maximum atomic E-state index is 6.72. The van der Waals surface area contributed by atoms with Gasteiger partial charge in [-0.05, 0) is 0 Å². The van der Waals surface area contributed by atoms with E-state index in [2.05, 4.69) is 104 Å². The van der Waals surface area contributed by atoms with E-state index in [1.54, 1.807) is 10.6 Å². The Morgan fingerprint density at radius 3 is 1.47 bits per heavy atom. The van der Waals surface area contributed by atoms with Crippen LogP contribution in [0.3, 0.4) is 0 Å². The van der Waals surface area contributed by atoms with Crippen LogP contribution in [0.25, 0.3) is 0 Å². The first-order valence-electron chi connectivity index (χ1n) is 16.1. The van der Waals surface area contributed by atoms with E-state index in [0.29, 0.717) is 34.5 Å². The Morgan fingerprint density at radius 2 is 1.07 bits per heavy atom. The third-order valence-electron chi connectivity index (χ3n) is 21.0. The number of halogens is 4. The normalized spacial score (nSPS) is 55.0. The van der Waals surface area contributed by atoms with Crippen LogP contribution in [0.5, 0.6) is 0 Å². The van der Waals surface area contributed by atoms with Gasteiger partial charge in [0.1, 0.15) is 0 Å². The van der Waals surface area contributed by atoms with Crippen LogP contribution in [0.1, 0.15) is 6.92 Å². The second-order valence-corrected chi connectivity index (χ2v) is 47.5. The van der Waals surface area contributed by atoms with Crippen molar-refractivity contribution in [2.45, 2.75) is 59.9 Å². The molecule has 0 N–H and O–H groups in total. The molecule has 8 heteroatoms. The van der Waals surface area contributed by atoms with Gasteiger partial charge in [0.2, 0.25) is 0 Å². The average Bonchev–Trinajstić information content (AvgIpc) is 4.00. The molecule has 0 aromatic heterocycles. The minimum atomic E-state index is -3.97. The molecule has 4 unspecified atom stereocenters. The Bertz CT molecular complexity index is 2390. The quantitative estimate of drug-likeness (QED) is 0.128. The fourth-order valence-electron chi connectivity index (χ4n) is 22.3. The van der Waals surface area contributed by atoms with Crippen molar-refractivity contribution in [3.63, 3.8) is 0 Å². The van der Waals surface area contributed by atoms with Crippen LogP contribution >= 0.6 is 62.4 Å². The van der Waals surface area contributed by atoms with E-state index in [4.69, 9.17) is 46.4 Å². The number of hydrogen-bond acceptors (Lipinski definition) is 1. The summed E-state index contributed by atoms with van der Waals surface area (Å²) in [6.45, 7) is -1.29. The summed E-state index contributed by atoms with van der Waals surface area (Å²) in [6.07, 6.45) is 0. The zero-order valence-electron chi connectivity index (χ0n) is 24.6. The van der Waals surface area contributed by atoms with E-state index in [1.165, 1.54) is 39.5 Å². The number of benzene rings is 4. The monoisotopic (exact) mass is 747 g/mol. The van der Waals surface area contributed by atoms with Gasteiger partial charge in [0.15, 0.2) is 0 Å². The Labute approximate surface area is 276 Å². The summed E-state index contributed by atoms with van der Waals surface area (Å²) < 4.78 is 4.03. The Morgan fingerprint density at radius 1 is 0.600 bits per heavy atom. The van der Waals surface area contributed by atoms with Crippen LogP contribution in [0.4, 0.5) is 0 Å². The van der Waals surface area contributed by atoms with Gasteiger partial charge in [-0.3, -0.25) is 0 Å². The van der Waals surface area contributed by atoms with Crippen molar-refractivity contribution in [2.24, 2.45) is 0 Å². The van der Waals surface area contributed by atoms with Gasteiger partial charge in [-0.2, -0.15) is 0 Å². The zero-order chi connectivity index (χ0) is 30.2. The standard InChI is InChI=1S/C32H26Cl4NP2.C5H5.Fe/c1-22(27-14-9-15-32(27)38(23-10-5-3-6-11-23)24-12-7-4-8-13-24)37(2)39(25-16-18-28(33)30(35)20-25)26-17-19-29(34)31(36)21-26;1-2-4-5-3-1;/h3-22H,1-2H3;1-5H;/t22-;;/m1../s1. The van der Waals surface area contributed by atoms with Gasteiger partial charge in [-0.15, -0.1) is 0 Å². The van der Waals surface area contributed by atoms with E-state index < -0.39 is 22.5 Å². The SMILES string of the molecule is C[C@@H](N(C)P(c1ccc(Cl)c(Cl)c1)c1ccc(Cl)c(Cl)c1)[C@@]12[CH]3[CH]4[CH]5[C]1(P(c1ccccc1)c1ccccc1)[Fe]45321678[CH]2[CH]1[CH]6[CH]7[CH]28. The molecule has 1 nitrogen and oxygen atoms in total. The second kappa shape index (κ2) is 4.45. The summed E-state index contributed by atoms with van der Waals surface area (Å²) in [5.74, 6) is 0. The first kappa shape index (κ1) is 25.4. The summed E-state index contributed by atoms with van der Waals surface area (Å²) in [5.41, 5.74) is 0. The Balaban J connectivity index is 1.01. The molecule has 230 valence electrons. The van der Waals surface area contributed by atoms with Crippen molar-refractivity contribution in [1.29, 1.82) is 0 Å². The fourth-order valence-corrected chi connectivity index (χ4v) is 118. The molecular formula is C37H31Cl4FeNP2. The molecule has 10 fully saturated rings.